The van der Waals surface area contributed by atoms with E-state index in [1.807, 2.05) is 6.92 Å². The summed E-state index contributed by atoms with van der Waals surface area (Å²) in [4.78, 5) is 0. The van der Waals surface area contributed by atoms with Crippen LogP contribution in [0.5, 0.6) is 0 Å². The quantitative estimate of drug-likeness (QED) is 0.478. The van der Waals surface area contributed by atoms with Crippen molar-refractivity contribution in [1.82, 2.24) is 0 Å². The normalized spacial score (nSPS) is 38.6. The Hall–Kier alpha value is -0.110. The van der Waals surface area contributed by atoms with Gasteiger partial charge in [0, 0.05) is 6.42 Å². The molecule has 0 N–H and O–H groups in total. The van der Waals surface area contributed by atoms with Crippen LogP contribution in [0.1, 0.15) is 13.3 Å². The molecule has 1 rings (SSSR count). The summed E-state index contributed by atoms with van der Waals surface area (Å²) in [6, 6.07) is 0. The monoisotopic (exact) mass is 104 g/mol. The number of alkyl halides is 1. The lowest BCUT2D eigenvalue weighted by atomic mass is 10.1. The van der Waals surface area contributed by atoms with E-state index in [0.717, 1.165) is 6.61 Å². The Kier molecular flexibility index (Phi) is 1.04. The number of rotatable bonds is 2. The van der Waals surface area contributed by atoms with Crippen molar-refractivity contribution in [2.75, 3.05) is 13.3 Å². The highest BCUT2D eigenvalue weighted by atomic mass is 19.1. The first-order valence-electron chi connectivity index (χ1n) is 2.47. The largest absolute Gasteiger partial charge is 0.370 e. The minimum Gasteiger partial charge on any atom is -0.370 e. The van der Waals surface area contributed by atoms with Crippen LogP contribution in [0.2, 0.25) is 0 Å². The lowest BCUT2D eigenvalue weighted by molar-refractivity contribution is 0.284. The molecule has 1 heterocycles. The van der Waals surface area contributed by atoms with E-state index in [2.05, 4.69) is 0 Å². The summed E-state index contributed by atoms with van der Waals surface area (Å²) in [5.74, 6) is 0. The molecule has 1 unspecified atom stereocenters. The van der Waals surface area contributed by atoms with Crippen molar-refractivity contribution in [3.05, 3.63) is 0 Å². The highest BCUT2D eigenvalue weighted by molar-refractivity contribution is 4.85. The third-order valence-electron chi connectivity index (χ3n) is 1.26. The molecular formula is C5H9FO. The van der Waals surface area contributed by atoms with E-state index in [0.29, 0.717) is 6.42 Å². The predicted octanol–water partition coefficient (Wildman–Crippen LogP) is 1.13. The summed E-state index contributed by atoms with van der Waals surface area (Å²) in [5, 5.41) is 0. The highest BCUT2D eigenvalue weighted by Gasteiger charge is 2.38. The van der Waals surface area contributed by atoms with Gasteiger partial charge in [0.15, 0.2) is 0 Å². The van der Waals surface area contributed by atoms with Crippen molar-refractivity contribution in [3.63, 3.8) is 0 Å². The Morgan fingerprint density at radius 1 is 1.86 bits per heavy atom. The van der Waals surface area contributed by atoms with Gasteiger partial charge in [0.1, 0.15) is 0 Å². The molecule has 0 bridgehead atoms. The van der Waals surface area contributed by atoms with Gasteiger partial charge in [0.05, 0.1) is 18.9 Å². The second-order valence-corrected chi connectivity index (χ2v) is 2.18. The number of hydrogen-bond donors (Lipinski definition) is 0. The van der Waals surface area contributed by atoms with Gasteiger partial charge in [0.25, 0.3) is 0 Å². The molecule has 1 nitrogen and oxygen atoms in total. The molecule has 1 fully saturated rings. The van der Waals surface area contributed by atoms with Gasteiger partial charge in [-0.3, -0.25) is 4.39 Å². The van der Waals surface area contributed by atoms with Crippen molar-refractivity contribution < 1.29 is 9.13 Å². The first kappa shape index (κ1) is 5.04. The third kappa shape index (κ3) is 1.13. The van der Waals surface area contributed by atoms with Gasteiger partial charge in [-0.2, -0.15) is 0 Å². The predicted molar refractivity (Wildman–Crippen MR) is 24.9 cm³/mol. The fraction of sp³-hybridized carbons (Fsp3) is 1.00. The molecule has 0 spiro atoms. The average molecular weight is 104 g/mol. The second-order valence-electron chi connectivity index (χ2n) is 2.18. The molecule has 7 heavy (non-hydrogen) atoms. The van der Waals surface area contributed by atoms with E-state index < -0.39 is 0 Å². The molecule has 42 valence electrons. The van der Waals surface area contributed by atoms with Crippen LogP contribution in [0.25, 0.3) is 0 Å². The van der Waals surface area contributed by atoms with Crippen LogP contribution in [0.15, 0.2) is 0 Å². The summed E-state index contributed by atoms with van der Waals surface area (Å²) >= 11 is 0. The standard InChI is InChI=1S/C5H9FO/c1-5(2-3-6)4-7-5/h2-4H2,1H3. The van der Waals surface area contributed by atoms with Gasteiger partial charge in [-0.05, 0) is 6.92 Å². The van der Waals surface area contributed by atoms with Gasteiger partial charge in [-0.15, -0.1) is 0 Å². The van der Waals surface area contributed by atoms with E-state index in [9.17, 15) is 4.39 Å². The molecule has 0 aromatic rings. The molecule has 1 aliphatic heterocycles. The number of ether oxygens (including phenoxy) is 1. The summed E-state index contributed by atoms with van der Waals surface area (Å²) in [6.45, 7) is 2.42. The SMILES string of the molecule is CC1(CCF)CO1. The molecular weight excluding hydrogens is 95.1 g/mol. The highest BCUT2D eigenvalue weighted by Crippen LogP contribution is 2.29. The minimum atomic E-state index is -0.253. The van der Waals surface area contributed by atoms with Crippen molar-refractivity contribution in [2.24, 2.45) is 0 Å². The zero-order valence-electron chi connectivity index (χ0n) is 4.41. The Morgan fingerprint density at radius 3 is 2.57 bits per heavy atom. The lowest BCUT2D eigenvalue weighted by Crippen LogP contribution is -2.03. The number of halogens is 1. The van der Waals surface area contributed by atoms with Crippen LogP contribution in [-0.4, -0.2) is 18.9 Å². The van der Waals surface area contributed by atoms with E-state index >= 15 is 0 Å². The summed E-state index contributed by atoms with van der Waals surface area (Å²) in [6.07, 6.45) is 0.562. The fourth-order valence-corrected chi connectivity index (χ4v) is 0.467. The molecule has 0 radical (unpaired) electrons. The van der Waals surface area contributed by atoms with Crippen LogP contribution in [-0.2, 0) is 4.74 Å². The Labute approximate surface area is 42.5 Å². The van der Waals surface area contributed by atoms with E-state index in [4.69, 9.17) is 4.74 Å². The second kappa shape index (κ2) is 1.44. The van der Waals surface area contributed by atoms with Crippen molar-refractivity contribution in [2.45, 2.75) is 18.9 Å². The van der Waals surface area contributed by atoms with Gasteiger partial charge >= 0.3 is 0 Å². The molecule has 0 amide bonds. The van der Waals surface area contributed by atoms with Crippen LogP contribution in [0, 0.1) is 0 Å². The maximum Gasteiger partial charge on any atom is 0.0922 e. The van der Waals surface area contributed by atoms with Crippen molar-refractivity contribution in [3.8, 4) is 0 Å². The van der Waals surface area contributed by atoms with Crippen molar-refractivity contribution >= 4 is 0 Å². The molecule has 0 saturated carbocycles. The molecule has 1 atom stereocenters. The van der Waals surface area contributed by atoms with E-state index in [1.54, 1.807) is 0 Å². The van der Waals surface area contributed by atoms with Crippen LogP contribution in [0.4, 0.5) is 4.39 Å². The Balaban J connectivity index is 2.13. The Bertz CT molecular complexity index is 68.5. The number of hydrogen-bond acceptors (Lipinski definition) is 1. The van der Waals surface area contributed by atoms with Crippen LogP contribution in [0.3, 0.4) is 0 Å². The molecule has 0 aliphatic carbocycles. The van der Waals surface area contributed by atoms with Gasteiger partial charge in [0.2, 0.25) is 0 Å². The molecule has 0 aromatic carbocycles. The average Bonchev–Trinajstić information content (AvgIpc) is 2.22. The van der Waals surface area contributed by atoms with Gasteiger partial charge < -0.3 is 4.74 Å². The Morgan fingerprint density at radius 2 is 2.43 bits per heavy atom. The summed E-state index contributed by atoms with van der Waals surface area (Å²) < 4.78 is 16.3. The zero-order valence-corrected chi connectivity index (χ0v) is 4.41. The fourth-order valence-electron chi connectivity index (χ4n) is 0.467. The van der Waals surface area contributed by atoms with Crippen LogP contribution >= 0.6 is 0 Å². The van der Waals surface area contributed by atoms with Gasteiger partial charge in [-0.1, -0.05) is 0 Å². The molecule has 0 aromatic heterocycles. The topological polar surface area (TPSA) is 12.5 Å². The zero-order chi connectivity index (χ0) is 5.33. The smallest absolute Gasteiger partial charge is 0.0922 e. The first-order chi connectivity index (χ1) is 3.27. The summed E-state index contributed by atoms with van der Waals surface area (Å²) in [5.41, 5.74) is -0.0747. The van der Waals surface area contributed by atoms with E-state index in [1.165, 1.54) is 0 Å². The molecule has 2 heteroatoms. The summed E-state index contributed by atoms with van der Waals surface area (Å²) in [7, 11) is 0. The first-order valence-corrected chi connectivity index (χ1v) is 2.47. The molecule has 1 saturated heterocycles. The molecule has 1 aliphatic rings. The number of epoxide rings is 1. The van der Waals surface area contributed by atoms with Crippen molar-refractivity contribution in [1.29, 1.82) is 0 Å². The third-order valence-corrected chi connectivity index (χ3v) is 1.26. The van der Waals surface area contributed by atoms with Crippen LogP contribution < -0.4 is 0 Å². The minimum absolute atomic E-state index is 0.0747. The maximum atomic E-state index is 11.4. The van der Waals surface area contributed by atoms with E-state index in [-0.39, 0.29) is 12.3 Å². The lowest BCUT2D eigenvalue weighted by Gasteiger charge is -1.95. The van der Waals surface area contributed by atoms with Gasteiger partial charge in [-0.25, -0.2) is 0 Å². The maximum absolute atomic E-state index is 11.4.